The van der Waals surface area contributed by atoms with Crippen molar-refractivity contribution in [1.29, 1.82) is 0 Å². The lowest BCUT2D eigenvalue weighted by Crippen LogP contribution is -2.47. The lowest BCUT2D eigenvalue weighted by Gasteiger charge is -2.42. The first-order valence-corrected chi connectivity index (χ1v) is 12.1. The van der Waals surface area contributed by atoms with Gasteiger partial charge >= 0.3 is 12.1 Å². The van der Waals surface area contributed by atoms with E-state index >= 15 is 0 Å². The van der Waals surface area contributed by atoms with Crippen molar-refractivity contribution < 1.29 is 41.7 Å². The van der Waals surface area contributed by atoms with Crippen LogP contribution in [-0.4, -0.2) is 59.7 Å². The van der Waals surface area contributed by atoms with Crippen molar-refractivity contribution in [2.45, 2.75) is 82.8 Å². The first kappa shape index (κ1) is 28.5. The molecule has 0 aromatic carbocycles. The highest BCUT2D eigenvalue weighted by Crippen LogP contribution is 2.55. The smallest absolute Gasteiger partial charge is 0.393 e. The SMILES string of the molecule is C=C1/C(=C\C=C2/CCCC3(C)C(C(C)OCC(=O)NCC(F)(F)C(F)(F)F)=CCC23)C[C@@H](O)CC1O. The second-order valence-corrected chi connectivity index (χ2v) is 10.2. The molecule has 3 rings (SSSR count). The number of nitrogens with one attached hydrogen (secondary N) is 1. The molecule has 0 bridgehead atoms. The van der Waals surface area contributed by atoms with E-state index in [1.54, 1.807) is 12.2 Å². The van der Waals surface area contributed by atoms with Crippen molar-refractivity contribution >= 4 is 5.91 Å². The van der Waals surface area contributed by atoms with Gasteiger partial charge in [-0.2, -0.15) is 22.0 Å². The third kappa shape index (κ3) is 6.08. The Morgan fingerprint density at radius 3 is 2.67 bits per heavy atom. The van der Waals surface area contributed by atoms with Gasteiger partial charge in [0.2, 0.25) is 5.91 Å². The maximum absolute atomic E-state index is 13.0. The molecular weight excluding hydrogens is 485 g/mol. The predicted molar refractivity (Wildman–Crippen MR) is 124 cm³/mol. The zero-order valence-corrected chi connectivity index (χ0v) is 20.5. The van der Waals surface area contributed by atoms with Crippen LogP contribution in [0.3, 0.4) is 0 Å². The van der Waals surface area contributed by atoms with Crippen molar-refractivity contribution in [3.05, 3.63) is 47.1 Å². The predicted octanol–water partition coefficient (Wildman–Crippen LogP) is 4.77. The minimum absolute atomic E-state index is 0.190. The number of ether oxygens (including phenoxy) is 1. The lowest BCUT2D eigenvalue weighted by molar-refractivity contribution is -0.278. The number of allylic oxidation sites excluding steroid dienone is 4. The number of fused-ring (bicyclic) bond motifs is 1. The molecule has 0 heterocycles. The van der Waals surface area contributed by atoms with Gasteiger partial charge < -0.3 is 20.3 Å². The fourth-order valence-corrected chi connectivity index (χ4v) is 5.60. The molecule has 0 aromatic heterocycles. The maximum atomic E-state index is 13.0. The number of hydrogen-bond donors (Lipinski definition) is 3. The van der Waals surface area contributed by atoms with Gasteiger partial charge in [-0.15, -0.1) is 0 Å². The summed E-state index contributed by atoms with van der Waals surface area (Å²) in [5, 5.41) is 21.7. The molecule has 2 saturated carbocycles. The highest BCUT2D eigenvalue weighted by atomic mass is 19.4. The summed E-state index contributed by atoms with van der Waals surface area (Å²) in [5.41, 5.74) is 3.40. The van der Waals surface area contributed by atoms with E-state index in [1.165, 1.54) is 5.57 Å². The molecule has 3 aliphatic rings. The molecule has 0 aliphatic heterocycles. The Hall–Kier alpha value is -2.04. The van der Waals surface area contributed by atoms with Gasteiger partial charge in [-0.1, -0.05) is 37.3 Å². The van der Waals surface area contributed by atoms with E-state index in [0.717, 1.165) is 36.8 Å². The minimum Gasteiger partial charge on any atom is -0.393 e. The quantitative estimate of drug-likeness (QED) is 0.335. The normalized spacial score (nSPS) is 32.4. The number of rotatable bonds is 7. The number of alkyl halides is 5. The van der Waals surface area contributed by atoms with Gasteiger partial charge in [0.15, 0.2) is 0 Å². The van der Waals surface area contributed by atoms with Crippen molar-refractivity contribution in [2.24, 2.45) is 11.3 Å². The summed E-state index contributed by atoms with van der Waals surface area (Å²) in [7, 11) is 0. The molecule has 3 aliphatic carbocycles. The number of aliphatic hydroxyl groups excluding tert-OH is 2. The Kier molecular flexibility index (Phi) is 8.52. The molecular formula is C26H34F5NO4. The Morgan fingerprint density at radius 1 is 1.31 bits per heavy atom. The van der Waals surface area contributed by atoms with Crippen LogP contribution in [0.5, 0.6) is 0 Å². The maximum Gasteiger partial charge on any atom is 0.455 e. The molecule has 0 spiro atoms. The summed E-state index contributed by atoms with van der Waals surface area (Å²) in [4.78, 5) is 11.8. The van der Waals surface area contributed by atoms with Crippen LogP contribution in [0.1, 0.15) is 52.4 Å². The molecule has 3 N–H and O–H groups in total. The van der Waals surface area contributed by atoms with E-state index in [9.17, 15) is 37.0 Å². The number of hydrogen-bond acceptors (Lipinski definition) is 4. The third-order valence-corrected chi connectivity index (χ3v) is 7.70. The van der Waals surface area contributed by atoms with Gasteiger partial charge in [-0.3, -0.25) is 4.79 Å². The van der Waals surface area contributed by atoms with Crippen LogP contribution in [0.15, 0.2) is 47.1 Å². The van der Waals surface area contributed by atoms with Crippen molar-refractivity contribution in [1.82, 2.24) is 5.32 Å². The molecule has 202 valence electrons. The standard InChI is InChI=1S/C26H34F5NO4/c1-15-18(11-19(33)12-22(15)34)7-6-17-5-4-10-24(3)20(8-9-21(17)24)16(2)36-13-23(35)32-14-25(27,28)26(29,30)31/h6-8,16,19,21-22,33-34H,1,4-5,9-14H2,2-3H3,(H,32,35)/b17-6+,18-7-/t16?,19-,21?,22?,24?/m1/s1. The van der Waals surface area contributed by atoms with Gasteiger partial charge in [0.05, 0.1) is 24.9 Å². The Morgan fingerprint density at radius 2 is 2.00 bits per heavy atom. The van der Waals surface area contributed by atoms with Crippen molar-refractivity contribution in [3.63, 3.8) is 0 Å². The summed E-state index contributed by atoms with van der Waals surface area (Å²) in [5.74, 6) is -5.86. The van der Waals surface area contributed by atoms with Crippen LogP contribution in [0.25, 0.3) is 0 Å². The Bertz CT molecular complexity index is 954. The largest absolute Gasteiger partial charge is 0.455 e. The molecule has 2 fully saturated rings. The molecule has 36 heavy (non-hydrogen) atoms. The number of halogens is 5. The lowest BCUT2D eigenvalue weighted by atomic mass is 9.63. The second kappa shape index (κ2) is 10.8. The average molecular weight is 520 g/mol. The van der Waals surface area contributed by atoms with E-state index in [0.29, 0.717) is 12.0 Å². The summed E-state index contributed by atoms with van der Waals surface area (Å²) >= 11 is 0. The summed E-state index contributed by atoms with van der Waals surface area (Å²) < 4.78 is 68.4. The highest BCUT2D eigenvalue weighted by molar-refractivity contribution is 5.77. The van der Waals surface area contributed by atoms with E-state index in [4.69, 9.17) is 4.74 Å². The zero-order chi connectivity index (χ0) is 26.9. The fraction of sp³-hybridized carbons (Fsp3) is 0.654. The molecule has 0 aromatic rings. The number of amides is 1. The van der Waals surface area contributed by atoms with E-state index in [-0.39, 0.29) is 17.8 Å². The molecule has 0 saturated heterocycles. The van der Waals surface area contributed by atoms with Crippen LogP contribution >= 0.6 is 0 Å². The molecule has 4 unspecified atom stereocenters. The van der Waals surface area contributed by atoms with Gasteiger partial charge in [-0.25, -0.2) is 0 Å². The average Bonchev–Trinajstić information content (AvgIpc) is 3.14. The molecule has 1 amide bonds. The summed E-state index contributed by atoms with van der Waals surface area (Å²) in [6, 6.07) is 0. The van der Waals surface area contributed by atoms with Gasteiger partial charge in [-0.05, 0) is 67.1 Å². The van der Waals surface area contributed by atoms with E-state index in [2.05, 4.69) is 19.6 Å². The monoisotopic (exact) mass is 519 g/mol. The van der Waals surface area contributed by atoms with Gasteiger partial charge in [0, 0.05) is 6.42 Å². The summed E-state index contributed by atoms with van der Waals surface area (Å²) in [6.07, 6.45) is 2.58. The molecule has 0 radical (unpaired) electrons. The Balaban J connectivity index is 1.62. The number of aliphatic hydroxyl groups is 2. The van der Waals surface area contributed by atoms with Gasteiger partial charge in [0.1, 0.15) is 6.61 Å². The number of carbonyl (C=O) groups excluding carboxylic acids is 1. The summed E-state index contributed by atoms with van der Waals surface area (Å²) in [6.45, 7) is 5.34. The van der Waals surface area contributed by atoms with Crippen LogP contribution in [0, 0.1) is 11.3 Å². The fourth-order valence-electron chi connectivity index (χ4n) is 5.60. The van der Waals surface area contributed by atoms with Crippen molar-refractivity contribution in [3.8, 4) is 0 Å². The van der Waals surface area contributed by atoms with Crippen LogP contribution in [-0.2, 0) is 9.53 Å². The topological polar surface area (TPSA) is 78.8 Å². The Labute approximate surface area is 207 Å². The van der Waals surface area contributed by atoms with E-state index in [1.807, 2.05) is 12.2 Å². The second-order valence-electron chi connectivity index (χ2n) is 10.2. The zero-order valence-electron chi connectivity index (χ0n) is 20.5. The van der Waals surface area contributed by atoms with Crippen molar-refractivity contribution in [2.75, 3.05) is 13.2 Å². The first-order chi connectivity index (χ1) is 16.7. The van der Waals surface area contributed by atoms with Crippen LogP contribution in [0.4, 0.5) is 22.0 Å². The number of carbonyl (C=O) groups is 1. The van der Waals surface area contributed by atoms with Gasteiger partial charge in [0.25, 0.3) is 0 Å². The molecule has 5 atom stereocenters. The first-order valence-electron chi connectivity index (χ1n) is 12.1. The molecule has 10 heteroatoms. The van der Waals surface area contributed by atoms with E-state index < -0.39 is 49.5 Å². The van der Waals surface area contributed by atoms with Crippen LogP contribution < -0.4 is 5.32 Å². The molecule has 5 nitrogen and oxygen atoms in total. The third-order valence-electron chi connectivity index (χ3n) is 7.70. The van der Waals surface area contributed by atoms with Crippen LogP contribution in [0.2, 0.25) is 0 Å². The highest BCUT2D eigenvalue weighted by Gasteiger charge is 2.57. The minimum atomic E-state index is -5.74.